The van der Waals surface area contributed by atoms with Crippen LogP contribution in [-0.4, -0.2) is 0 Å². The Kier molecular flexibility index (Phi) is 4.51. The summed E-state index contributed by atoms with van der Waals surface area (Å²) in [6, 6.07) is 24.0. The van der Waals surface area contributed by atoms with Gasteiger partial charge in [0, 0.05) is 6.42 Å². The van der Waals surface area contributed by atoms with Crippen molar-refractivity contribution in [2.45, 2.75) is 27.2 Å². The predicted molar refractivity (Wildman–Crippen MR) is 113 cm³/mol. The van der Waals surface area contributed by atoms with Crippen molar-refractivity contribution in [2.24, 2.45) is 5.92 Å². The molecular weight excluding hydrogens is 312 g/mol. The molecule has 0 saturated carbocycles. The van der Waals surface area contributed by atoms with E-state index in [-0.39, 0.29) is 0 Å². The van der Waals surface area contributed by atoms with Gasteiger partial charge < -0.3 is 0 Å². The molecular formula is C26H25. The van der Waals surface area contributed by atoms with E-state index in [0.717, 1.165) is 6.42 Å². The summed E-state index contributed by atoms with van der Waals surface area (Å²) >= 11 is 0. The van der Waals surface area contributed by atoms with Crippen LogP contribution in [0, 0.1) is 19.3 Å². The van der Waals surface area contributed by atoms with Gasteiger partial charge in [-0.15, -0.1) is 0 Å². The minimum absolute atomic E-state index is 0.669. The second-order valence-corrected chi connectivity index (χ2v) is 7.63. The monoisotopic (exact) mass is 337 g/mol. The van der Waals surface area contributed by atoms with Crippen molar-refractivity contribution >= 4 is 6.08 Å². The van der Waals surface area contributed by atoms with E-state index in [1.165, 1.54) is 44.5 Å². The number of hydrogen-bond donors (Lipinski definition) is 0. The molecule has 3 aromatic carbocycles. The molecule has 0 amide bonds. The van der Waals surface area contributed by atoms with E-state index >= 15 is 0 Å². The lowest BCUT2D eigenvalue weighted by Gasteiger charge is -2.17. The largest absolute Gasteiger partial charge is 0.0625 e. The zero-order chi connectivity index (χ0) is 18.1. The molecule has 0 spiro atoms. The predicted octanol–water partition coefficient (Wildman–Crippen LogP) is 7.32. The van der Waals surface area contributed by atoms with E-state index in [2.05, 4.69) is 100.0 Å². The maximum atomic E-state index is 2.41. The third kappa shape index (κ3) is 3.12. The highest BCUT2D eigenvalue weighted by Crippen LogP contribution is 2.43. The van der Waals surface area contributed by atoms with E-state index in [1.807, 2.05) is 0 Å². The van der Waals surface area contributed by atoms with Crippen LogP contribution in [0.15, 0.2) is 72.3 Å². The van der Waals surface area contributed by atoms with Crippen molar-refractivity contribution < 1.29 is 0 Å². The molecule has 1 aliphatic carbocycles. The second kappa shape index (κ2) is 6.96. The number of aryl methyl sites for hydroxylation is 1. The van der Waals surface area contributed by atoms with Crippen molar-refractivity contribution in [2.75, 3.05) is 0 Å². The molecule has 26 heavy (non-hydrogen) atoms. The van der Waals surface area contributed by atoms with Crippen molar-refractivity contribution in [1.29, 1.82) is 0 Å². The summed E-state index contributed by atoms with van der Waals surface area (Å²) in [6.45, 7) is 6.78. The molecule has 0 aliphatic heterocycles. The van der Waals surface area contributed by atoms with Gasteiger partial charge in [-0.1, -0.05) is 92.2 Å². The summed E-state index contributed by atoms with van der Waals surface area (Å²) in [7, 11) is 0. The zero-order valence-corrected chi connectivity index (χ0v) is 15.8. The maximum Gasteiger partial charge on any atom is 0.0164 e. The first kappa shape index (κ1) is 16.8. The molecule has 0 heterocycles. The molecule has 0 aromatic heterocycles. The highest BCUT2D eigenvalue weighted by atomic mass is 14.3. The Morgan fingerprint density at radius 3 is 2.23 bits per heavy atom. The molecule has 0 fully saturated rings. The number of rotatable bonds is 4. The Hall–Kier alpha value is -2.60. The molecule has 0 bridgehead atoms. The minimum Gasteiger partial charge on any atom is -0.0625 e. The van der Waals surface area contributed by atoms with Crippen molar-refractivity contribution in [3.63, 3.8) is 0 Å². The van der Waals surface area contributed by atoms with Crippen LogP contribution in [0.4, 0.5) is 0 Å². The number of fused-ring (bicyclic) bond motifs is 1. The molecule has 4 rings (SSSR count). The SMILES string of the molecule is Cc1ccccc1-c1c(-c2ccccc2)ccc2c1C=C(CC(C)C)[CH]2. The molecule has 129 valence electrons. The fourth-order valence-electron chi connectivity index (χ4n) is 3.93. The van der Waals surface area contributed by atoms with Gasteiger partial charge in [-0.25, -0.2) is 0 Å². The van der Waals surface area contributed by atoms with Gasteiger partial charge in [0.2, 0.25) is 0 Å². The van der Waals surface area contributed by atoms with Crippen molar-refractivity contribution in [3.05, 3.63) is 95.4 Å². The Morgan fingerprint density at radius 2 is 1.50 bits per heavy atom. The summed E-state index contributed by atoms with van der Waals surface area (Å²) in [5.41, 5.74) is 10.8. The average Bonchev–Trinajstić information content (AvgIpc) is 3.04. The van der Waals surface area contributed by atoms with E-state index < -0.39 is 0 Å². The van der Waals surface area contributed by atoms with Gasteiger partial charge in [-0.2, -0.15) is 0 Å². The maximum absolute atomic E-state index is 2.41. The van der Waals surface area contributed by atoms with Crippen LogP contribution < -0.4 is 0 Å². The van der Waals surface area contributed by atoms with Crippen LogP contribution >= 0.6 is 0 Å². The number of allylic oxidation sites excluding steroid dienone is 1. The molecule has 0 atom stereocenters. The molecule has 0 heteroatoms. The van der Waals surface area contributed by atoms with Crippen LogP contribution in [0.5, 0.6) is 0 Å². The second-order valence-electron chi connectivity index (χ2n) is 7.63. The lowest BCUT2D eigenvalue weighted by molar-refractivity contribution is 0.649. The Balaban J connectivity index is 1.96. The van der Waals surface area contributed by atoms with E-state index in [4.69, 9.17) is 0 Å². The van der Waals surface area contributed by atoms with E-state index in [1.54, 1.807) is 0 Å². The summed E-state index contributed by atoms with van der Waals surface area (Å²) < 4.78 is 0. The third-order valence-corrected chi connectivity index (χ3v) is 5.09. The topological polar surface area (TPSA) is 0 Å². The summed E-state index contributed by atoms with van der Waals surface area (Å²) in [5.74, 6) is 0.669. The van der Waals surface area contributed by atoms with Gasteiger partial charge in [0.15, 0.2) is 0 Å². The minimum atomic E-state index is 0.669. The Labute approximate surface area is 157 Å². The molecule has 0 N–H and O–H groups in total. The van der Waals surface area contributed by atoms with Crippen LogP contribution in [-0.2, 0) is 0 Å². The average molecular weight is 337 g/mol. The van der Waals surface area contributed by atoms with Gasteiger partial charge in [0.05, 0.1) is 0 Å². The standard InChI is InChI=1S/C26H25/c1-18(2)15-20-16-22-13-14-24(21-10-5-4-6-11-21)26(25(22)17-20)23-12-8-7-9-19(23)3/h4-14,16-18H,15H2,1-3H3. The lowest BCUT2D eigenvalue weighted by atomic mass is 9.87. The van der Waals surface area contributed by atoms with E-state index in [9.17, 15) is 0 Å². The Bertz CT molecular complexity index is 959. The van der Waals surface area contributed by atoms with Gasteiger partial charge in [0.1, 0.15) is 0 Å². The highest BCUT2D eigenvalue weighted by molar-refractivity contribution is 5.94. The first-order valence-electron chi connectivity index (χ1n) is 9.47. The summed E-state index contributed by atoms with van der Waals surface area (Å²) in [5, 5.41) is 0. The first-order chi connectivity index (χ1) is 12.6. The van der Waals surface area contributed by atoms with Gasteiger partial charge in [-0.05, 0) is 58.2 Å². The Morgan fingerprint density at radius 1 is 0.769 bits per heavy atom. The molecule has 3 aromatic rings. The molecule has 1 aliphatic rings. The van der Waals surface area contributed by atoms with Crippen LogP contribution in [0.2, 0.25) is 0 Å². The normalized spacial score (nSPS) is 13.0. The fraction of sp³-hybridized carbons (Fsp3) is 0.192. The van der Waals surface area contributed by atoms with Crippen LogP contribution in [0.3, 0.4) is 0 Å². The molecule has 0 nitrogen and oxygen atoms in total. The van der Waals surface area contributed by atoms with Crippen molar-refractivity contribution in [3.8, 4) is 22.3 Å². The third-order valence-electron chi connectivity index (χ3n) is 5.09. The number of hydrogen-bond acceptors (Lipinski definition) is 0. The fourth-order valence-corrected chi connectivity index (χ4v) is 3.93. The van der Waals surface area contributed by atoms with Gasteiger partial charge in [-0.3, -0.25) is 0 Å². The smallest absolute Gasteiger partial charge is 0.0164 e. The quantitative estimate of drug-likeness (QED) is 0.467. The van der Waals surface area contributed by atoms with E-state index in [0.29, 0.717) is 5.92 Å². The van der Waals surface area contributed by atoms with Crippen molar-refractivity contribution in [1.82, 2.24) is 0 Å². The molecule has 0 unspecified atom stereocenters. The summed E-state index contributed by atoms with van der Waals surface area (Å²) in [6.07, 6.45) is 5.90. The van der Waals surface area contributed by atoms with Gasteiger partial charge in [0.25, 0.3) is 0 Å². The van der Waals surface area contributed by atoms with Gasteiger partial charge >= 0.3 is 0 Å². The number of benzene rings is 3. The van der Waals surface area contributed by atoms with Crippen LogP contribution in [0.1, 0.15) is 37.0 Å². The molecule has 0 saturated heterocycles. The zero-order valence-electron chi connectivity index (χ0n) is 15.8. The highest BCUT2D eigenvalue weighted by Gasteiger charge is 2.21. The lowest BCUT2D eigenvalue weighted by Crippen LogP contribution is -1.93. The van der Waals surface area contributed by atoms with Crippen LogP contribution in [0.25, 0.3) is 28.3 Å². The molecule has 1 radical (unpaired) electrons. The first-order valence-corrected chi connectivity index (χ1v) is 9.47. The summed E-state index contributed by atoms with van der Waals surface area (Å²) in [4.78, 5) is 0.